The van der Waals surface area contributed by atoms with Crippen molar-refractivity contribution in [1.82, 2.24) is 4.90 Å². The summed E-state index contributed by atoms with van der Waals surface area (Å²) < 4.78 is 2.67. The highest BCUT2D eigenvalue weighted by Crippen LogP contribution is 2.26. The molecule has 0 aliphatic carbocycles. The highest BCUT2D eigenvalue weighted by atomic mass is 79.9. The van der Waals surface area contributed by atoms with Crippen LogP contribution in [0.4, 0.5) is 4.79 Å². The zero-order chi connectivity index (χ0) is 12.5. The molecule has 1 fully saturated rings. The number of hydrogen-bond acceptors (Lipinski definition) is 5. The Bertz CT molecular complexity index is 347. The lowest BCUT2D eigenvalue weighted by molar-refractivity contribution is -0.136. The molecular formula is C7H8BrCl3N2O4. The van der Waals surface area contributed by atoms with Gasteiger partial charge in [0.1, 0.15) is 6.61 Å². The number of hydrogen-bond donors (Lipinski definition) is 1. The van der Waals surface area contributed by atoms with E-state index >= 15 is 0 Å². The average Bonchev–Trinajstić information content (AvgIpc) is 2.36. The van der Waals surface area contributed by atoms with Gasteiger partial charge in [-0.25, -0.2) is 4.79 Å². The smallest absolute Gasteiger partial charge is 0.423 e. The summed E-state index contributed by atoms with van der Waals surface area (Å²) in [4.78, 5) is 34.0. The molecule has 98 valence electrons. The number of carbonyl (C=O) groups excluding carboxylic acids is 3. The second-order valence-electron chi connectivity index (χ2n) is 3.05. The zero-order valence-corrected chi connectivity index (χ0v) is 12.2. The number of likely N-dealkylation sites (tertiary alicyclic amines) is 1. The molecule has 1 heterocycles. The molecule has 0 spiro atoms. The molecular weight excluding hydrogens is 362 g/mol. The molecule has 0 aromatic carbocycles. The van der Waals surface area contributed by atoms with Crippen molar-refractivity contribution in [3.05, 3.63) is 0 Å². The van der Waals surface area contributed by atoms with E-state index < -0.39 is 34.3 Å². The molecule has 1 aliphatic heterocycles. The Kier molecular flexibility index (Phi) is 6.16. The number of carbonyl (C=O) groups is 3. The molecule has 17 heavy (non-hydrogen) atoms. The monoisotopic (exact) mass is 368 g/mol. The summed E-state index contributed by atoms with van der Waals surface area (Å²) in [6, 6.07) is -1.02. The van der Waals surface area contributed by atoms with Gasteiger partial charge in [0.25, 0.3) is 5.91 Å². The first-order valence-corrected chi connectivity index (χ1v) is 5.21. The quantitative estimate of drug-likeness (QED) is 0.553. The van der Waals surface area contributed by atoms with E-state index in [1.165, 1.54) is 0 Å². The molecule has 1 rings (SSSR count). The Labute approximate surface area is 122 Å². The van der Waals surface area contributed by atoms with Crippen LogP contribution in [0.2, 0.25) is 0 Å². The number of nitrogens with zero attached hydrogens (tertiary/aromatic N) is 1. The molecule has 1 atom stereocenters. The van der Waals surface area contributed by atoms with Gasteiger partial charge in [-0.15, -0.1) is 17.0 Å². The van der Waals surface area contributed by atoms with Crippen molar-refractivity contribution in [3.63, 3.8) is 0 Å². The molecule has 0 bridgehead atoms. The SMILES string of the molecule is Br.NC1CC(=O)N(C(=O)OCC(Cl)(Cl)Cl)C1=O. The largest absolute Gasteiger partial charge is 0.444 e. The number of rotatable bonds is 1. The van der Waals surface area contributed by atoms with Crippen molar-refractivity contribution >= 4 is 69.7 Å². The van der Waals surface area contributed by atoms with E-state index in [9.17, 15) is 14.4 Å². The molecule has 1 unspecified atom stereocenters. The van der Waals surface area contributed by atoms with E-state index in [1.54, 1.807) is 0 Å². The lowest BCUT2D eigenvalue weighted by Gasteiger charge is -2.15. The second-order valence-corrected chi connectivity index (χ2v) is 5.56. The second kappa shape index (κ2) is 6.19. The highest BCUT2D eigenvalue weighted by Gasteiger charge is 2.42. The maximum atomic E-state index is 11.3. The van der Waals surface area contributed by atoms with Crippen LogP contribution in [0, 0.1) is 0 Å². The van der Waals surface area contributed by atoms with E-state index in [1.807, 2.05) is 0 Å². The van der Waals surface area contributed by atoms with E-state index in [-0.39, 0.29) is 23.4 Å². The molecule has 3 amide bonds. The summed E-state index contributed by atoms with van der Waals surface area (Å²) in [5.41, 5.74) is 5.28. The van der Waals surface area contributed by atoms with Gasteiger partial charge in [0, 0.05) is 0 Å². The van der Waals surface area contributed by atoms with Crippen LogP contribution in [-0.2, 0) is 14.3 Å². The number of ether oxygens (including phenoxy) is 1. The molecule has 0 aromatic rings. The van der Waals surface area contributed by atoms with Gasteiger partial charge in [0.2, 0.25) is 9.70 Å². The Morgan fingerprint density at radius 1 is 1.47 bits per heavy atom. The fourth-order valence-electron chi connectivity index (χ4n) is 1.06. The minimum absolute atomic E-state index is 0. The van der Waals surface area contributed by atoms with Crippen LogP contribution < -0.4 is 5.73 Å². The molecule has 1 aliphatic rings. The predicted molar refractivity (Wildman–Crippen MR) is 66.4 cm³/mol. The first-order valence-electron chi connectivity index (χ1n) is 4.08. The van der Waals surface area contributed by atoms with Gasteiger partial charge in [-0.3, -0.25) is 9.59 Å². The first kappa shape index (κ1) is 16.9. The molecule has 0 aromatic heterocycles. The highest BCUT2D eigenvalue weighted by molar-refractivity contribution is 8.93. The molecule has 1 saturated heterocycles. The molecule has 0 saturated carbocycles. The maximum absolute atomic E-state index is 11.3. The van der Waals surface area contributed by atoms with Crippen molar-refractivity contribution in [2.75, 3.05) is 6.61 Å². The maximum Gasteiger partial charge on any atom is 0.423 e. The Morgan fingerprint density at radius 3 is 2.35 bits per heavy atom. The van der Waals surface area contributed by atoms with Gasteiger partial charge in [0.05, 0.1) is 12.5 Å². The number of nitrogens with two attached hydrogens (primary N) is 1. The third-order valence-corrected chi connectivity index (χ3v) is 2.05. The van der Waals surface area contributed by atoms with Crippen molar-refractivity contribution in [2.45, 2.75) is 16.3 Å². The first-order chi connectivity index (χ1) is 7.22. The van der Waals surface area contributed by atoms with Crippen molar-refractivity contribution < 1.29 is 19.1 Å². The number of halogens is 4. The topological polar surface area (TPSA) is 89.7 Å². The van der Waals surface area contributed by atoms with Crippen LogP contribution in [0.5, 0.6) is 0 Å². The normalized spacial score (nSPS) is 20.2. The minimum Gasteiger partial charge on any atom is -0.444 e. The van der Waals surface area contributed by atoms with Crippen LogP contribution in [0.25, 0.3) is 0 Å². The predicted octanol–water partition coefficient (Wildman–Crippen LogP) is 1.16. The molecule has 2 N–H and O–H groups in total. The average molecular weight is 370 g/mol. The summed E-state index contributed by atoms with van der Waals surface area (Å²) in [5, 5.41) is 0. The van der Waals surface area contributed by atoms with Crippen molar-refractivity contribution in [1.29, 1.82) is 0 Å². The third-order valence-electron chi connectivity index (χ3n) is 1.72. The fourth-order valence-corrected chi connectivity index (χ4v) is 1.22. The molecule has 0 radical (unpaired) electrons. The van der Waals surface area contributed by atoms with Crippen LogP contribution in [-0.4, -0.2) is 39.2 Å². The summed E-state index contributed by atoms with van der Waals surface area (Å²) in [6.45, 7) is -0.567. The van der Waals surface area contributed by atoms with Gasteiger partial charge in [-0.2, -0.15) is 4.90 Å². The van der Waals surface area contributed by atoms with Crippen LogP contribution in [0.1, 0.15) is 6.42 Å². The van der Waals surface area contributed by atoms with E-state index in [2.05, 4.69) is 4.74 Å². The molecule has 6 nitrogen and oxygen atoms in total. The third kappa shape index (κ3) is 4.59. The fraction of sp³-hybridized carbons (Fsp3) is 0.571. The lowest BCUT2D eigenvalue weighted by atomic mass is 10.3. The standard InChI is InChI=1S/C7H7Cl3N2O4.BrH/c8-7(9,10)2-16-6(15)12-4(13)1-3(11)5(12)14;/h3H,1-2,11H2;1H. The van der Waals surface area contributed by atoms with Gasteiger partial charge in [-0.1, -0.05) is 34.8 Å². The van der Waals surface area contributed by atoms with E-state index in [4.69, 9.17) is 40.5 Å². The Morgan fingerprint density at radius 2 is 2.00 bits per heavy atom. The van der Waals surface area contributed by atoms with Gasteiger partial charge in [-0.05, 0) is 0 Å². The summed E-state index contributed by atoms with van der Waals surface area (Å²) in [6.07, 6.45) is -1.42. The zero-order valence-electron chi connectivity index (χ0n) is 8.19. The summed E-state index contributed by atoms with van der Waals surface area (Å²) in [7, 11) is 0. The Balaban J connectivity index is 0.00000256. The van der Waals surface area contributed by atoms with Crippen LogP contribution >= 0.6 is 51.8 Å². The number of alkyl halides is 3. The summed E-state index contributed by atoms with van der Waals surface area (Å²) >= 11 is 16.0. The number of imide groups is 3. The molecule has 10 heteroatoms. The lowest BCUT2D eigenvalue weighted by Crippen LogP contribution is -2.40. The van der Waals surface area contributed by atoms with Crippen LogP contribution in [0.15, 0.2) is 0 Å². The van der Waals surface area contributed by atoms with E-state index in [0.717, 1.165) is 0 Å². The summed E-state index contributed by atoms with van der Waals surface area (Å²) in [5.74, 6) is -1.55. The van der Waals surface area contributed by atoms with Gasteiger partial charge >= 0.3 is 6.09 Å². The van der Waals surface area contributed by atoms with Gasteiger partial charge < -0.3 is 10.5 Å². The van der Waals surface area contributed by atoms with Crippen molar-refractivity contribution in [3.8, 4) is 0 Å². The van der Waals surface area contributed by atoms with Crippen molar-refractivity contribution in [2.24, 2.45) is 5.73 Å². The Hall–Kier alpha value is -0.0800. The van der Waals surface area contributed by atoms with Gasteiger partial charge in [0.15, 0.2) is 0 Å². The number of amides is 3. The minimum atomic E-state index is -1.80. The van der Waals surface area contributed by atoms with Crippen LogP contribution in [0.3, 0.4) is 0 Å². The van der Waals surface area contributed by atoms with E-state index in [0.29, 0.717) is 4.90 Å².